The summed E-state index contributed by atoms with van der Waals surface area (Å²) in [6.07, 6.45) is 0. The zero-order valence-corrected chi connectivity index (χ0v) is 71.8. The molecule has 11 nitrogen and oxygen atoms in total. The predicted molar refractivity (Wildman–Crippen MR) is 553 cm³/mol. The second kappa shape index (κ2) is 30.3. The van der Waals surface area contributed by atoms with Gasteiger partial charge in [0.05, 0.1) is 88.6 Å². The molecule has 0 aliphatic rings. The predicted octanol–water partition coefficient (Wildman–Crippen LogP) is 31.6. The molecule has 0 fully saturated rings. The first-order chi connectivity index (χ1) is 66.1. The smallest absolute Gasteiger partial charge is 0.235 e. The van der Waals surface area contributed by atoms with Gasteiger partial charge in [0, 0.05) is 125 Å². The van der Waals surface area contributed by atoms with E-state index in [1.165, 1.54) is 126 Å². The Morgan fingerprint density at radius 3 is 0.992 bits per heavy atom. The summed E-state index contributed by atoms with van der Waals surface area (Å²) in [5.74, 6) is 1.29. The number of fused-ring (bicyclic) bond motifs is 28. The van der Waals surface area contributed by atoms with Crippen LogP contribution in [0.1, 0.15) is 0 Å². The van der Waals surface area contributed by atoms with Gasteiger partial charge in [-0.05, 0) is 168 Å². The molecule has 0 saturated heterocycles. The van der Waals surface area contributed by atoms with E-state index in [4.69, 9.17) is 24.4 Å². The van der Waals surface area contributed by atoms with Crippen LogP contribution in [0.15, 0.2) is 465 Å². The fourth-order valence-corrected chi connectivity index (χ4v) is 21.3. The normalized spacial score (nSPS) is 11.9. The van der Waals surface area contributed by atoms with E-state index < -0.39 is 0 Å². The van der Waals surface area contributed by atoms with Gasteiger partial charge in [0.25, 0.3) is 0 Å². The van der Waals surface area contributed by atoms with Crippen molar-refractivity contribution in [2.24, 2.45) is 0 Å². The number of aromatic nitrogens is 10. The Labute approximate surface area is 761 Å². The van der Waals surface area contributed by atoms with Gasteiger partial charge in [-0.15, -0.1) is 0 Å². The number of benzene rings is 20. The molecule has 0 N–H and O–H groups in total. The molecule has 20 aromatic carbocycles. The highest BCUT2D eigenvalue weighted by Crippen LogP contribution is 2.49. The maximum atomic E-state index is 6.52. The second-order valence-electron chi connectivity index (χ2n) is 34.2. The lowest BCUT2D eigenvalue weighted by Gasteiger charge is -2.13. The van der Waals surface area contributed by atoms with Crippen molar-refractivity contribution in [2.45, 2.75) is 0 Å². The van der Waals surface area contributed by atoms with Gasteiger partial charge in [-0.25, -0.2) is 19.9 Å². The van der Waals surface area contributed by atoms with Gasteiger partial charge in [0.15, 0.2) is 0 Å². The van der Waals surface area contributed by atoms with E-state index in [2.05, 4.69) is 458 Å². The van der Waals surface area contributed by atoms with Crippen LogP contribution < -0.4 is 0 Å². The number of para-hydroxylation sites is 12. The molecule has 0 aliphatic heterocycles. The number of hydrogen-bond acceptors (Lipinski definition) is 5. The topological polar surface area (TPSA) is 94.3 Å². The summed E-state index contributed by atoms with van der Waals surface area (Å²) in [5, 5.41) is 21.3. The third kappa shape index (κ3) is 11.7. The van der Waals surface area contributed by atoms with Crippen molar-refractivity contribution >= 4 is 185 Å². The van der Waals surface area contributed by atoms with Crippen molar-refractivity contribution in [3.63, 3.8) is 0 Å². The molecule has 29 rings (SSSR count). The van der Waals surface area contributed by atoms with Gasteiger partial charge in [0.1, 0.15) is 11.2 Å². The van der Waals surface area contributed by atoms with Gasteiger partial charge in [-0.2, -0.15) is 0 Å². The highest BCUT2D eigenvalue weighted by Gasteiger charge is 2.28. The summed E-state index contributed by atoms with van der Waals surface area (Å²) in [4.78, 5) is 21.4. The standard InChI is InChI=1S/C44H26N4O.C42H26N4.C36H24N2/c1-2-13-27(14-3-1)47-35-22-9-5-17-31(35)40-37(47)25-26-38-41(40)32-18-6-10-23-36(32)48(38)44-45-34-21-8-4-16-30(34)42(46-44)33-20-12-19-29-28-15-7-11-24-39(28)49-43(29)33;1-3-14-28(15-4-1)40-33-24-23-27-13-7-8-18-30(27)41(33)44-42(43-40)46-35-22-12-10-20-32(35)39-37(46)26-25-36-38(39)31-19-9-11-21-34(31)45(36)29-16-5-2-6-17-29;1-4-12-25(13-5-1)26-20-21-32-30(24-26)36-34(38(32)28-16-8-3-9-17-28)23-22-33-35(36)29-18-10-11-19-31(29)37(33)27-14-6-2-7-15-27/h1-26H;1-26H;1-24H. The maximum absolute atomic E-state index is 6.52. The average molecular weight is 1700 g/mol. The quantitative estimate of drug-likeness (QED) is 0.134. The van der Waals surface area contributed by atoms with Crippen LogP contribution in [0, 0.1) is 0 Å². The highest BCUT2D eigenvalue weighted by molar-refractivity contribution is 6.32. The monoisotopic (exact) mass is 1700 g/mol. The first kappa shape index (κ1) is 75.1. The van der Waals surface area contributed by atoms with E-state index in [9.17, 15) is 0 Å². The number of nitrogens with zero attached hydrogens (tertiary/aromatic N) is 10. The molecule has 0 amide bonds. The van der Waals surface area contributed by atoms with Crippen molar-refractivity contribution in [3.8, 4) is 68.3 Å². The molecule has 0 bridgehead atoms. The molecule has 0 atom stereocenters. The third-order valence-electron chi connectivity index (χ3n) is 26.9. The molecular formula is C122H76N10O. The van der Waals surface area contributed by atoms with E-state index in [0.29, 0.717) is 11.9 Å². The fourth-order valence-electron chi connectivity index (χ4n) is 21.3. The Kier molecular flexibility index (Phi) is 17.1. The first-order valence-electron chi connectivity index (χ1n) is 45.2. The van der Waals surface area contributed by atoms with Gasteiger partial charge >= 0.3 is 0 Å². The van der Waals surface area contributed by atoms with E-state index in [1.807, 2.05) is 30.3 Å². The molecular weight excluding hydrogens is 1620 g/mol. The summed E-state index contributed by atoms with van der Waals surface area (Å²) in [6.45, 7) is 0. The van der Waals surface area contributed by atoms with Gasteiger partial charge < -0.3 is 22.7 Å². The average Bonchev–Trinajstić information content (AvgIpc) is 1.55. The molecule has 620 valence electrons. The van der Waals surface area contributed by atoms with Crippen molar-refractivity contribution < 1.29 is 4.42 Å². The summed E-state index contributed by atoms with van der Waals surface area (Å²) in [5.41, 5.74) is 28.3. The molecule has 9 aromatic heterocycles. The fraction of sp³-hybridized carbons (Fsp3) is 0. The Morgan fingerprint density at radius 1 is 0.180 bits per heavy atom. The van der Waals surface area contributed by atoms with Crippen molar-refractivity contribution in [2.75, 3.05) is 0 Å². The largest absolute Gasteiger partial charge is 0.455 e. The molecule has 0 radical (unpaired) electrons. The Morgan fingerprint density at radius 2 is 0.519 bits per heavy atom. The SMILES string of the molecule is c1ccc(-c2ccc3c(c2)c2c4c5ccccc5n(-c5ccccc5)c4ccc2n3-c2ccccc2)cc1.c1ccc(-c2nc(-n3c4ccccc4c4c5c6ccccc6n(-c6ccccc6)c5ccc43)nc3c2ccc2ccccc23)cc1.c1ccc(-n2c3ccccc3c3c4c5ccccc5n(-c5nc(-c6cccc7c6oc6ccccc67)c6ccccc6n5)c4ccc32)cc1. The second-order valence-corrected chi connectivity index (χ2v) is 34.2. The van der Waals surface area contributed by atoms with Gasteiger partial charge in [0.2, 0.25) is 11.9 Å². The number of hydrogen-bond donors (Lipinski definition) is 0. The lowest BCUT2D eigenvalue weighted by molar-refractivity contribution is 0.670. The molecule has 0 unspecified atom stereocenters. The maximum Gasteiger partial charge on any atom is 0.235 e. The zero-order valence-electron chi connectivity index (χ0n) is 71.8. The molecule has 9 heterocycles. The van der Waals surface area contributed by atoms with Crippen LogP contribution in [0.5, 0.6) is 0 Å². The number of rotatable bonds is 9. The Balaban J connectivity index is 0.000000103. The van der Waals surface area contributed by atoms with Crippen molar-refractivity contribution in [3.05, 3.63) is 461 Å². The minimum Gasteiger partial charge on any atom is -0.455 e. The third-order valence-corrected chi connectivity index (χ3v) is 26.9. The van der Waals surface area contributed by atoms with Crippen LogP contribution in [0.2, 0.25) is 0 Å². The van der Waals surface area contributed by atoms with Crippen LogP contribution >= 0.6 is 0 Å². The van der Waals surface area contributed by atoms with Gasteiger partial charge in [-0.1, -0.05) is 309 Å². The lowest BCUT2D eigenvalue weighted by Crippen LogP contribution is -2.03. The molecule has 133 heavy (non-hydrogen) atoms. The van der Waals surface area contributed by atoms with Crippen LogP contribution in [-0.4, -0.2) is 47.3 Å². The van der Waals surface area contributed by atoms with Crippen LogP contribution in [0.3, 0.4) is 0 Å². The molecule has 11 heteroatoms. The molecule has 0 saturated carbocycles. The summed E-state index contributed by atoms with van der Waals surface area (Å²) < 4.78 is 20.6. The minimum absolute atomic E-state index is 0.624. The van der Waals surface area contributed by atoms with Crippen molar-refractivity contribution in [1.82, 2.24) is 47.3 Å². The summed E-state index contributed by atoms with van der Waals surface area (Å²) in [6, 6.07) is 163. The Hall–Kier alpha value is -18.1. The van der Waals surface area contributed by atoms with Crippen LogP contribution in [-0.2, 0) is 0 Å². The Bertz CT molecular complexity index is 9770. The minimum atomic E-state index is 0.624. The molecule has 0 aliphatic carbocycles. The van der Waals surface area contributed by atoms with E-state index in [-0.39, 0.29) is 0 Å². The first-order valence-corrected chi connectivity index (χ1v) is 45.2. The van der Waals surface area contributed by atoms with Crippen LogP contribution in [0.25, 0.3) is 254 Å². The zero-order chi connectivity index (χ0) is 87.3. The number of furan rings is 1. The summed E-state index contributed by atoms with van der Waals surface area (Å²) in [7, 11) is 0. The van der Waals surface area contributed by atoms with E-state index in [1.54, 1.807) is 0 Å². The van der Waals surface area contributed by atoms with Crippen LogP contribution in [0.4, 0.5) is 0 Å². The van der Waals surface area contributed by atoms with Crippen molar-refractivity contribution in [1.29, 1.82) is 0 Å². The summed E-state index contributed by atoms with van der Waals surface area (Å²) >= 11 is 0. The van der Waals surface area contributed by atoms with E-state index in [0.717, 1.165) is 116 Å². The lowest BCUT2D eigenvalue weighted by atomic mass is 10.0. The highest BCUT2D eigenvalue weighted by atomic mass is 16.3. The molecule has 29 aromatic rings. The van der Waals surface area contributed by atoms with E-state index >= 15 is 0 Å². The van der Waals surface area contributed by atoms with Gasteiger partial charge in [-0.3, -0.25) is 9.13 Å². The molecule has 0 spiro atoms.